The van der Waals surface area contributed by atoms with Crippen molar-refractivity contribution < 1.29 is 4.74 Å². The molecule has 92 valence electrons. The average Bonchev–Trinajstić information content (AvgIpc) is 2.33. The molecule has 2 aromatic rings. The van der Waals surface area contributed by atoms with E-state index in [-0.39, 0.29) is 0 Å². The molecule has 0 saturated heterocycles. The van der Waals surface area contributed by atoms with Gasteiger partial charge in [0.15, 0.2) is 0 Å². The Labute approximate surface area is 127 Å². The first-order chi connectivity index (χ1) is 8.56. The van der Waals surface area contributed by atoms with Crippen LogP contribution in [-0.4, -0.2) is 4.99 Å². The summed E-state index contributed by atoms with van der Waals surface area (Å²) in [5.41, 5.74) is 6.36. The van der Waals surface area contributed by atoms with Gasteiger partial charge in [0.1, 0.15) is 16.5 Å². The molecule has 0 unspecified atom stereocenters. The van der Waals surface area contributed by atoms with E-state index < -0.39 is 0 Å². The minimum absolute atomic E-state index is 0.381. The third kappa shape index (κ3) is 3.31. The highest BCUT2D eigenvalue weighted by atomic mass is 79.9. The highest BCUT2D eigenvalue weighted by Crippen LogP contribution is 2.31. The summed E-state index contributed by atoms with van der Waals surface area (Å²) in [5.74, 6) is 1.49. The Morgan fingerprint density at radius 2 is 1.72 bits per heavy atom. The fraction of sp³-hybridized carbons (Fsp3) is 0. The number of rotatable bonds is 3. The van der Waals surface area contributed by atoms with Crippen LogP contribution in [0.3, 0.4) is 0 Å². The maximum atomic E-state index is 5.75. The topological polar surface area (TPSA) is 35.2 Å². The van der Waals surface area contributed by atoms with Gasteiger partial charge < -0.3 is 10.5 Å². The van der Waals surface area contributed by atoms with E-state index in [4.69, 9.17) is 22.7 Å². The van der Waals surface area contributed by atoms with E-state index >= 15 is 0 Å². The lowest BCUT2D eigenvalue weighted by Crippen LogP contribution is -2.08. The molecule has 0 aliphatic carbocycles. The van der Waals surface area contributed by atoms with E-state index in [2.05, 4.69) is 31.9 Å². The molecule has 0 radical (unpaired) electrons. The zero-order valence-electron chi connectivity index (χ0n) is 9.19. The van der Waals surface area contributed by atoms with Crippen molar-refractivity contribution in [1.82, 2.24) is 0 Å². The molecule has 0 aliphatic heterocycles. The summed E-state index contributed by atoms with van der Waals surface area (Å²) in [5, 5.41) is 0. The second-order valence-corrected chi connectivity index (χ2v) is 5.78. The molecule has 0 heterocycles. The van der Waals surface area contributed by atoms with Crippen LogP contribution in [-0.2, 0) is 0 Å². The maximum absolute atomic E-state index is 5.75. The van der Waals surface area contributed by atoms with Gasteiger partial charge in [0.25, 0.3) is 0 Å². The first kappa shape index (κ1) is 13.5. The number of nitrogens with two attached hydrogens (primary N) is 1. The standard InChI is InChI=1S/C13H9Br2NOS/c14-9-3-6-12(11(15)7-9)17-10-4-1-8(2-5-10)13(16)18/h1-7H,(H2,16,18). The third-order valence-electron chi connectivity index (χ3n) is 2.26. The smallest absolute Gasteiger partial charge is 0.141 e. The lowest BCUT2D eigenvalue weighted by Gasteiger charge is -2.08. The van der Waals surface area contributed by atoms with Gasteiger partial charge in [-0.15, -0.1) is 0 Å². The monoisotopic (exact) mass is 385 g/mol. The first-order valence-electron chi connectivity index (χ1n) is 5.09. The van der Waals surface area contributed by atoms with Gasteiger partial charge in [-0.05, 0) is 58.4 Å². The Morgan fingerprint density at radius 3 is 2.28 bits per heavy atom. The summed E-state index contributed by atoms with van der Waals surface area (Å²) >= 11 is 11.7. The minimum Gasteiger partial charge on any atom is -0.456 e. The molecular formula is C13H9Br2NOS. The minimum atomic E-state index is 0.381. The number of hydrogen-bond donors (Lipinski definition) is 1. The summed E-state index contributed by atoms with van der Waals surface area (Å²) in [6.45, 7) is 0. The van der Waals surface area contributed by atoms with Crippen molar-refractivity contribution in [3.63, 3.8) is 0 Å². The molecule has 2 N–H and O–H groups in total. The molecule has 0 saturated carbocycles. The van der Waals surface area contributed by atoms with Crippen molar-refractivity contribution >= 4 is 49.1 Å². The molecule has 0 amide bonds. The maximum Gasteiger partial charge on any atom is 0.141 e. The van der Waals surface area contributed by atoms with Crippen LogP contribution in [0.1, 0.15) is 5.56 Å². The molecule has 0 fully saturated rings. The molecule has 18 heavy (non-hydrogen) atoms. The Balaban J connectivity index is 2.21. The van der Waals surface area contributed by atoms with Crippen molar-refractivity contribution in [1.29, 1.82) is 0 Å². The summed E-state index contributed by atoms with van der Waals surface area (Å²) < 4.78 is 7.62. The van der Waals surface area contributed by atoms with Crippen molar-refractivity contribution in [2.75, 3.05) is 0 Å². The fourth-order valence-electron chi connectivity index (χ4n) is 1.37. The summed E-state index contributed by atoms with van der Waals surface area (Å²) in [6, 6.07) is 13.1. The predicted octanol–water partition coefficient (Wildman–Crippen LogP) is 4.64. The number of halogens is 2. The predicted molar refractivity (Wildman–Crippen MR) is 84.2 cm³/mol. The fourth-order valence-corrected chi connectivity index (χ4v) is 2.64. The average molecular weight is 387 g/mol. The first-order valence-corrected chi connectivity index (χ1v) is 7.08. The molecule has 2 rings (SSSR count). The molecule has 0 bridgehead atoms. The van der Waals surface area contributed by atoms with Crippen LogP contribution in [0.2, 0.25) is 0 Å². The number of hydrogen-bond acceptors (Lipinski definition) is 2. The molecular weight excluding hydrogens is 378 g/mol. The molecule has 2 aromatic carbocycles. The van der Waals surface area contributed by atoms with E-state index in [0.717, 1.165) is 26.0 Å². The second-order valence-electron chi connectivity index (χ2n) is 3.57. The lowest BCUT2D eigenvalue weighted by atomic mass is 10.2. The van der Waals surface area contributed by atoms with Gasteiger partial charge in [0, 0.05) is 10.0 Å². The van der Waals surface area contributed by atoms with Gasteiger partial charge in [-0.3, -0.25) is 0 Å². The molecule has 2 nitrogen and oxygen atoms in total. The molecule has 5 heteroatoms. The van der Waals surface area contributed by atoms with Crippen LogP contribution < -0.4 is 10.5 Å². The quantitative estimate of drug-likeness (QED) is 0.780. The van der Waals surface area contributed by atoms with Gasteiger partial charge >= 0.3 is 0 Å². The van der Waals surface area contributed by atoms with E-state index in [1.165, 1.54) is 0 Å². The highest BCUT2D eigenvalue weighted by molar-refractivity contribution is 9.11. The van der Waals surface area contributed by atoms with Crippen molar-refractivity contribution in [3.8, 4) is 11.5 Å². The number of ether oxygens (including phenoxy) is 1. The van der Waals surface area contributed by atoms with Crippen LogP contribution in [0.4, 0.5) is 0 Å². The van der Waals surface area contributed by atoms with Gasteiger partial charge in [-0.2, -0.15) is 0 Å². The van der Waals surface area contributed by atoms with Crippen LogP contribution in [0.5, 0.6) is 11.5 Å². The van der Waals surface area contributed by atoms with Crippen LogP contribution in [0, 0.1) is 0 Å². The zero-order chi connectivity index (χ0) is 13.1. The van der Waals surface area contributed by atoms with Crippen molar-refractivity contribution in [2.45, 2.75) is 0 Å². The second kappa shape index (κ2) is 5.82. The van der Waals surface area contributed by atoms with Crippen LogP contribution >= 0.6 is 44.1 Å². The van der Waals surface area contributed by atoms with E-state index in [1.54, 1.807) is 0 Å². The zero-order valence-corrected chi connectivity index (χ0v) is 13.2. The lowest BCUT2D eigenvalue weighted by molar-refractivity contribution is 0.479. The molecule has 0 atom stereocenters. The summed E-state index contributed by atoms with van der Waals surface area (Å²) in [7, 11) is 0. The van der Waals surface area contributed by atoms with E-state index in [1.807, 2.05) is 42.5 Å². The van der Waals surface area contributed by atoms with Crippen molar-refractivity contribution in [3.05, 3.63) is 57.0 Å². The largest absolute Gasteiger partial charge is 0.456 e. The Hall–Kier alpha value is -0.910. The third-order valence-corrected chi connectivity index (χ3v) is 3.61. The van der Waals surface area contributed by atoms with Crippen molar-refractivity contribution in [2.24, 2.45) is 5.73 Å². The number of benzene rings is 2. The molecule has 0 spiro atoms. The van der Waals surface area contributed by atoms with E-state index in [0.29, 0.717) is 4.99 Å². The van der Waals surface area contributed by atoms with Gasteiger partial charge in [-0.25, -0.2) is 0 Å². The Kier molecular flexibility index (Phi) is 4.37. The van der Waals surface area contributed by atoms with Crippen LogP contribution in [0.25, 0.3) is 0 Å². The molecule has 0 aliphatic rings. The highest BCUT2D eigenvalue weighted by Gasteiger charge is 2.04. The number of thiocarbonyl (C=S) groups is 1. The summed E-state index contributed by atoms with van der Waals surface area (Å²) in [6.07, 6.45) is 0. The van der Waals surface area contributed by atoms with Crippen LogP contribution in [0.15, 0.2) is 51.4 Å². The summed E-state index contributed by atoms with van der Waals surface area (Å²) in [4.78, 5) is 0.381. The van der Waals surface area contributed by atoms with Gasteiger partial charge in [-0.1, -0.05) is 28.1 Å². The Morgan fingerprint density at radius 1 is 1.06 bits per heavy atom. The van der Waals surface area contributed by atoms with Gasteiger partial charge in [0.2, 0.25) is 0 Å². The van der Waals surface area contributed by atoms with Gasteiger partial charge in [0.05, 0.1) is 4.47 Å². The normalized spacial score (nSPS) is 10.1. The van der Waals surface area contributed by atoms with E-state index in [9.17, 15) is 0 Å². The molecule has 0 aromatic heterocycles. The Bertz CT molecular complexity index is 584. The SMILES string of the molecule is NC(=S)c1ccc(Oc2ccc(Br)cc2Br)cc1.